The van der Waals surface area contributed by atoms with E-state index in [1.165, 1.54) is 12.1 Å². The molecule has 7 nitrogen and oxygen atoms in total. The summed E-state index contributed by atoms with van der Waals surface area (Å²) in [6.07, 6.45) is 1.08. The van der Waals surface area contributed by atoms with Crippen molar-refractivity contribution in [3.05, 3.63) is 60.5 Å². The van der Waals surface area contributed by atoms with Gasteiger partial charge in [-0.05, 0) is 28.8 Å². The molecule has 0 fully saturated rings. The third kappa shape index (κ3) is 4.87. The molecule has 0 aliphatic heterocycles. The zero-order valence-corrected chi connectivity index (χ0v) is 16.0. The molecule has 3 N–H and O–H groups in total. The highest BCUT2D eigenvalue weighted by Gasteiger charge is 2.19. The second-order valence-corrected chi connectivity index (χ2v) is 8.61. The molecule has 0 aliphatic rings. The zero-order chi connectivity index (χ0) is 19.4. The first kappa shape index (κ1) is 19.4. The third-order valence-electron chi connectivity index (χ3n) is 3.90. The van der Waals surface area contributed by atoms with Crippen LogP contribution in [0.3, 0.4) is 0 Å². The van der Waals surface area contributed by atoms with Gasteiger partial charge >= 0.3 is 8.03 Å². The number of aryl methyl sites for hydroxylation is 1. The Morgan fingerprint density at radius 1 is 1.04 bits per heavy atom. The summed E-state index contributed by atoms with van der Waals surface area (Å²) >= 11 is 0. The lowest BCUT2D eigenvalue weighted by Crippen LogP contribution is -2.11. The maximum atomic E-state index is 11.4. The molecule has 27 heavy (non-hydrogen) atoms. The highest BCUT2D eigenvalue weighted by Crippen LogP contribution is 2.33. The normalized spacial score (nSPS) is 12.1. The molecule has 3 rings (SSSR count). The summed E-state index contributed by atoms with van der Waals surface area (Å²) in [7, 11) is -5.97. The van der Waals surface area contributed by atoms with Crippen molar-refractivity contribution in [3.8, 4) is 22.6 Å². The van der Waals surface area contributed by atoms with Crippen LogP contribution in [0.25, 0.3) is 22.6 Å². The Morgan fingerprint density at radius 3 is 2.30 bits per heavy atom. The first-order chi connectivity index (χ1) is 12.8. The smallest absolute Gasteiger partial charge is 0.440 e. The monoisotopic (exact) mass is 405 g/mol. The number of sulfonamides is 1. The molecule has 1 aromatic heterocycles. The average molecular weight is 405 g/mol. The van der Waals surface area contributed by atoms with Crippen LogP contribution in [0.4, 0.5) is 0 Å². The van der Waals surface area contributed by atoms with E-state index in [2.05, 4.69) is 4.98 Å². The largest absolute Gasteiger partial charge is 0.505 e. The van der Waals surface area contributed by atoms with Gasteiger partial charge in [-0.3, -0.25) is 0 Å². The summed E-state index contributed by atoms with van der Waals surface area (Å²) in [5.74, 6) is 0.960. The summed E-state index contributed by atoms with van der Waals surface area (Å²) in [4.78, 5) is 13.5. The van der Waals surface area contributed by atoms with Crippen LogP contribution in [-0.2, 0) is 21.0 Å². The number of hydrogen-bond donors (Lipinski definition) is 2. The molecule has 1 heterocycles. The van der Waals surface area contributed by atoms with Crippen molar-refractivity contribution in [2.24, 2.45) is 5.14 Å². The number of benzene rings is 2. The number of nitrogens with two attached hydrogens (primary N) is 1. The summed E-state index contributed by atoms with van der Waals surface area (Å²) in [5.41, 5.74) is 2.14. The van der Waals surface area contributed by atoms with Crippen LogP contribution >= 0.6 is 8.03 Å². The predicted octanol–water partition coefficient (Wildman–Crippen LogP) is 3.32. The molecule has 0 radical (unpaired) electrons. The summed E-state index contributed by atoms with van der Waals surface area (Å²) in [5, 5.41) is 5.14. The van der Waals surface area contributed by atoms with E-state index in [0.29, 0.717) is 35.7 Å². The van der Waals surface area contributed by atoms with Gasteiger partial charge in [-0.1, -0.05) is 30.3 Å². The van der Waals surface area contributed by atoms with Crippen LogP contribution in [0.1, 0.15) is 12.3 Å². The quantitative estimate of drug-likeness (QED) is 0.581. The fraction of sp³-hybridized carbons (Fsp3) is 0.167. The Labute approximate surface area is 157 Å². The van der Waals surface area contributed by atoms with E-state index in [4.69, 9.17) is 14.4 Å². The number of oxazole rings is 1. The van der Waals surface area contributed by atoms with Crippen LogP contribution in [0.15, 0.2) is 63.9 Å². The van der Waals surface area contributed by atoms with Crippen molar-refractivity contribution < 1.29 is 22.3 Å². The molecule has 1 unspecified atom stereocenters. The predicted molar refractivity (Wildman–Crippen MR) is 102 cm³/mol. The zero-order valence-electron chi connectivity index (χ0n) is 14.3. The van der Waals surface area contributed by atoms with Gasteiger partial charge in [0.25, 0.3) is 0 Å². The number of primary sulfonamides is 1. The molecule has 0 saturated heterocycles. The van der Waals surface area contributed by atoms with E-state index in [1.807, 2.05) is 30.3 Å². The van der Waals surface area contributed by atoms with Crippen LogP contribution in [0.5, 0.6) is 0 Å². The van der Waals surface area contributed by atoms with Crippen molar-refractivity contribution in [2.45, 2.75) is 17.7 Å². The van der Waals surface area contributed by atoms with Crippen LogP contribution in [0, 0.1) is 0 Å². The highest BCUT2D eigenvalue weighted by atomic mass is 32.2. The van der Waals surface area contributed by atoms with Crippen molar-refractivity contribution in [2.75, 3.05) is 6.16 Å². The van der Waals surface area contributed by atoms with E-state index < -0.39 is 18.1 Å². The Bertz CT molecular complexity index is 1050. The van der Waals surface area contributed by atoms with Crippen molar-refractivity contribution in [1.82, 2.24) is 4.98 Å². The summed E-state index contributed by atoms with van der Waals surface area (Å²) < 4.78 is 39.6. The molecular weight excluding hydrogens is 387 g/mol. The van der Waals surface area contributed by atoms with Gasteiger partial charge in [0, 0.05) is 24.0 Å². The van der Waals surface area contributed by atoms with Gasteiger partial charge in [0.1, 0.15) is 5.69 Å². The number of nitrogens with zero attached hydrogens (tertiary/aromatic N) is 1. The highest BCUT2D eigenvalue weighted by molar-refractivity contribution is 7.89. The van der Waals surface area contributed by atoms with Crippen molar-refractivity contribution in [1.29, 1.82) is 0 Å². The van der Waals surface area contributed by atoms with Crippen LogP contribution < -0.4 is 5.14 Å². The second kappa shape index (κ2) is 8.10. The fourth-order valence-corrected chi connectivity index (χ4v) is 3.56. The summed E-state index contributed by atoms with van der Waals surface area (Å²) in [6, 6.07) is 15.5. The number of rotatable bonds is 7. The molecule has 0 amide bonds. The summed E-state index contributed by atoms with van der Waals surface area (Å²) in [6.45, 7) is 0. The Kier molecular flexibility index (Phi) is 5.82. The van der Waals surface area contributed by atoms with Gasteiger partial charge in [-0.15, -0.1) is 0 Å². The molecule has 0 saturated carbocycles. The lowest BCUT2D eigenvalue weighted by Gasteiger charge is -2.03. The third-order valence-corrected chi connectivity index (χ3v) is 5.53. The molecule has 9 heteroatoms. The van der Waals surface area contributed by atoms with E-state index in [1.54, 1.807) is 12.1 Å². The van der Waals surface area contributed by atoms with Gasteiger partial charge in [0.2, 0.25) is 10.0 Å². The minimum Gasteiger partial charge on any atom is -0.440 e. The molecule has 0 bridgehead atoms. The maximum Gasteiger partial charge on any atom is 0.505 e. The Morgan fingerprint density at radius 2 is 1.70 bits per heavy atom. The van der Waals surface area contributed by atoms with Gasteiger partial charge in [-0.2, -0.15) is 4.89 Å². The topological polar surface area (TPSA) is 123 Å². The minimum atomic E-state index is -3.78. The van der Waals surface area contributed by atoms with E-state index in [9.17, 15) is 13.0 Å². The number of aromatic nitrogens is 1. The molecule has 140 valence electrons. The standard InChI is InChI=1S/C18H17N2O5PS/c19-27(23,24)15-10-8-14(9-11-15)18-17(13-5-2-1-3-6-13)20-16(25-18)7-4-12-26(21)22/h1-3,5-6,8-11H,4,7,12H2,(H2-,19,21,22,23,24)/p+1. The molecule has 0 spiro atoms. The first-order valence-corrected chi connectivity index (χ1v) is 11.1. The van der Waals surface area contributed by atoms with E-state index in [0.717, 1.165) is 5.56 Å². The maximum absolute atomic E-state index is 11.4. The molecule has 0 aliphatic carbocycles. The lowest BCUT2D eigenvalue weighted by atomic mass is 10.1. The SMILES string of the molecule is NS(=O)(=O)c1ccc(-c2oc(CCC[P+](=O)O)nc2-c2ccccc2)cc1. The Balaban J connectivity index is 1.99. The molecule has 3 aromatic rings. The van der Waals surface area contributed by atoms with Crippen molar-refractivity contribution in [3.63, 3.8) is 0 Å². The molecular formula is C18H18N2O5PS+. The van der Waals surface area contributed by atoms with E-state index in [-0.39, 0.29) is 11.1 Å². The van der Waals surface area contributed by atoms with Crippen LogP contribution in [0.2, 0.25) is 0 Å². The van der Waals surface area contributed by atoms with Crippen molar-refractivity contribution >= 4 is 18.1 Å². The lowest BCUT2D eigenvalue weighted by molar-refractivity contribution is 0.489. The second-order valence-electron chi connectivity index (χ2n) is 5.90. The van der Waals surface area contributed by atoms with Gasteiger partial charge in [0.15, 0.2) is 17.8 Å². The molecule has 1 atom stereocenters. The van der Waals surface area contributed by atoms with Gasteiger partial charge in [0.05, 0.1) is 4.90 Å². The average Bonchev–Trinajstić information content (AvgIpc) is 3.06. The van der Waals surface area contributed by atoms with Crippen LogP contribution in [-0.4, -0.2) is 24.5 Å². The minimum absolute atomic E-state index is 0.0130. The Hall–Kier alpha value is -2.38. The van der Waals surface area contributed by atoms with Gasteiger partial charge in [-0.25, -0.2) is 18.5 Å². The molecule has 2 aromatic carbocycles. The number of hydrogen-bond acceptors (Lipinski definition) is 5. The fourth-order valence-electron chi connectivity index (χ4n) is 2.62. The van der Waals surface area contributed by atoms with Gasteiger partial charge < -0.3 is 4.42 Å². The first-order valence-electron chi connectivity index (χ1n) is 8.16. The van der Waals surface area contributed by atoms with E-state index >= 15 is 0 Å².